The molecule has 0 saturated carbocycles. The monoisotopic (exact) mass is 176 g/mol. The zero-order chi connectivity index (χ0) is 9.42. The van der Waals surface area contributed by atoms with Gasteiger partial charge in [0.25, 0.3) is 0 Å². The van der Waals surface area contributed by atoms with E-state index in [1.807, 2.05) is 24.6 Å². The highest BCUT2D eigenvalue weighted by Gasteiger charge is 2.06. The molecule has 2 aromatic heterocycles. The summed E-state index contributed by atoms with van der Waals surface area (Å²) in [4.78, 5) is 4.25. The van der Waals surface area contributed by atoms with Crippen LogP contribution in [0, 0.1) is 6.92 Å². The number of hydrogen-bond acceptors (Lipinski definition) is 3. The molecule has 0 aromatic carbocycles. The maximum absolute atomic E-state index is 5.64. The Morgan fingerprint density at radius 1 is 1.54 bits per heavy atom. The number of aromatic nitrogens is 3. The Morgan fingerprint density at radius 2 is 2.31 bits per heavy atom. The van der Waals surface area contributed by atoms with Crippen LogP contribution in [0.3, 0.4) is 0 Å². The van der Waals surface area contributed by atoms with E-state index in [0.717, 1.165) is 23.3 Å². The SMILES string of the molecule is CCn1nc(C)c2cc(N)cnc21. The predicted molar refractivity (Wildman–Crippen MR) is 52.4 cm³/mol. The average Bonchev–Trinajstić information content (AvgIpc) is 2.43. The third-order valence-electron chi connectivity index (χ3n) is 2.09. The number of nitrogens with two attached hydrogens (primary N) is 1. The Balaban J connectivity index is 2.80. The second kappa shape index (κ2) is 2.73. The summed E-state index contributed by atoms with van der Waals surface area (Å²) in [6.45, 7) is 4.85. The molecule has 0 aliphatic carbocycles. The molecule has 0 aliphatic rings. The van der Waals surface area contributed by atoms with Gasteiger partial charge >= 0.3 is 0 Å². The van der Waals surface area contributed by atoms with Gasteiger partial charge in [-0.3, -0.25) is 0 Å². The van der Waals surface area contributed by atoms with Crippen LogP contribution in [-0.2, 0) is 6.54 Å². The van der Waals surface area contributed by atoms with Gasteiger partial charge in [0.1, 0.15) is 0 Å². The van der Waals surface area contributed by atoms with Crippen molar-refractivity contribution in [2.75, 3.05) is 5.73 Å². The Kier molecular flexibility index (Phi) is 1.69. The first kappa shape index (κ1) is 8.04. The molecule has 2 aromatic rings. The molecule has 4 nitrogen and oxygen atoms in total. The summed E-state index contributed by atoms with van der Waals surface area (Å²) in [5.41, 5.74) is 8.22. The van der Waals surface area contributed by atoms with Crippen LogP contribution in [-0.4, -0.2) is 14.8 Å². The third kappa shape index (κ3) is 1.14. The Morgan fingerprint density at radius 3 is 3.00 bits per heavy atom. The fourth-order valence-corrected chi connectivity index (χ4v) is 1.45. The molecule has 2 heterocycles. The fourth-order valence-electron chi connectivity index (χ4n) is 1.45. The summed E-state index contributed by atoms with van der Waals surface area (Å²) in [5.74, 6) is 0. The minimum atomic E-state index is 0.686. The van der Waals surface area contributed by atoms with E-state index < -0.39 is 0 Å². The Labute approximate surface area is 76.4 Å². The second-order valence-corrected chi connectivity index (χ2v) is 3.04. The number of rotatable bonds is 1. The van der Waals surface area contributed by atoms with E-state index in [2.05, 4.69) is 10.1 Å². The van der Waals surface area contributed by atoms with Crippen LogP contribution in [0.4, 0.5) is 5.69 Å². The van der Waals surface area contributed by atoms with E-state index >= 15 is 0 Å². The molecule has 0 bridgehead atoms. The maximum atomic E-state index is 5.64. The first-order valence-electron chi connectivity index (χ1n) is 4.31. The van der Waals surface area contributed by atoms with Crippen LogP contribution in [0.15, 0.2) is 12.3 Å². The Bertz CT molecular complexity index is 444. The zero-order valence-corrected chi connectivity index (χ0v) is 7.78. The molecule has 2 rings (SSSR count). The van der Waals surface area contributed by atoms with Crippen LogP contribution in [0.25, 0.3) is 11.0 Å². The second-order valence-electron chi connectivity index (χ2n) is 3.04. The lowest BCUT2D eigenvalue weighted by Gasteiger charge is -1.96. The summed E-state index contributed by atoms with van der Waals surface area (Å²) in [6.07, 6.45) is 1.66. The number of nitrogens with zero attached hydrogens (tertiary/aromatic N) is 3. The summed E-state index contributed by atoms with van der Waals surface area (Å²) in [5, 5.41) is 5.39. The van der Waals surface area contributed by atoms with Gasteiger partial charge in [0.15, 0.2) is 5.65 Å². The first-order valence-corrected chi connectivity index (χ1v) is 4.31. The molecule has 0 unspecified atom stereocenters. The summed E-state index contributed by atoms with van der Waals surface area (Å²) in [6, 6.07) is 1.91. The quantitative estimate of drug-likeness (QED) is 0.713. The number of nitrogen functional groups attached to an aromatic ring is 1. The van der Waals surface area contributed by atoms with Gasteiger partial charge in [-0.1, -0.05) is 0 Å². The van der Waals surface area contributed by atoms with E-state index in [1.54, 1.807) is 6.20 Å². The van der Waals surface area contributed by atoms with Crippen molar-refractivity contribution in [1.82, 2.24) is 14.8 Å². The molecule has 0 atom stereocenters. The average molecular weight is 176 g/mol. The highest BCUT2D eigenvalue weighted by Crippen LogP contribution is 2.17. The van der Waals surface area contributed by atoms with Gasteiger partial charge in [0, 0.05) is 11.9 Å². The molecule has 0 saturated heterocycles. The molecule has 2 N–H and O–H groups in total. The number of anilines is 1. The van der Waals surface area contributed by atoms with Crippen molar-refractivity contribution in [3.8, 4) is 0 Å². The van der Waals surface area contributed by atoms with Crippen molar-refractivity contribution in [3.05, 3.63) is 18.0 Å². The lowest BCUT2D eigenvalue weighted by molar-refractivity contribution is 0.669. The number of hydrogen-bond donors (Lipinski definition) is 1. The Hall–Kier alpha value is -1.58. The van der Waals surface area contributed by atoms with Gasteiger partial charge < -0.3 is 5.73 Å². The van der Waals surface area contributed by atoms with E-state index in [9.17, 15) is 0 Å². The van der Waals surface area contributed by atoms with Crippen LogP contribution >= 0.6 is 0 Å². The van der Waals surface area contributed by atoms with Gasteiger partial charge in [-0.15, -0.1) is 0 Å². The normalized spacial score (nSPS) is 10.9. The largest absolute Gasteiger partial charge is 0.397 e. The molecular formula is C9H12N4. The molecular weight excluding hydrogens is 164 g/mol. The van der Waals surface area contributed by atoms with Gasteiger partial charge in [-0.25, -0.2) is 9.67 Å². The molecule has 0 aliphatic heterocycles. The zero-order valence-electron chi connectivity index (χ0n) is 7.78. The van der Waals surface area contributed by atoms with Gasteiger partial charge in [0.05, 0.1) is 17.6 Å². The van der Waals surface area contributed by atoms with E-state index in [0.29, 0.717) is 5.69 Å². The minimum absolute atomic E-state index is 0.686. The van der Waals surface area contributed by atoms with Gasteiger partial charge in [0.2, 0.25) is 0 Å². The topological polar surface area (TPSA) is 56.7 Å². The molecule has 0 amide bonds. The predicted octanol–water partition coefficient (Wildman–Crippen LogP) is 1.34. The smallest absolute Gasteiger partial charge is 0.158 e. The van der Waals surface area contributed by atoms with E-state index in [-0.39, 0.29) is 0 Å². The minimum Gasteiger partial charge on any atom is -0.397 e. The standard InChI is InChI=1S/C9H12N4/c1-3-13-9-8(6(2)12-13)4-7(10)5-11-9/h4-5H,3,10H2,1-2H3. The molecule has 0 fully saturated rings. The summed E-state index contributed by atoms with van der Waals surface area (Å²) < 4.78 is 1.88. The lowest BCUT2D eigenvalue weighted by Crippen LogP contribution is -1.97. The molecule has 68 valence electrons. The highest BCUT2D eigenvalue weighted by molar-refractivity contribution is 5.80. The van der Waals surface area contributed by atoms with E-state index in [4.69, 9.17) is 5.73 Å². The number of fused-ring (bicyclic) bond motifs is 1. The molecule has 0 radical (unpaired) electrons. The van der Waals surface area contributed by atoms with E-state index in [1.165, 1.54) is 0 Å². The molecule has 13 heavy (non-hydrogen) atoms. The molecule has 0 spiro atoms. The fraction of sp³-hybridized carbons (Fsp3) is 0.333. The van der Waals surface area contributed by atoms with Crippen LogP contribution in [0.5, 0.6) is 0 Å². The first-order chi connectivity index (χ1) is 6.22. The summed E-state index contributed by atoms with van der Waals surface area (Å²) in [7, 11) is 0. The number of pyridine rings is 1. The third-order valence-corrected chi connectivity index (χ3v) is 2.09. The van der Waals surface area contributed by atoms with Crippen molar-refractivity contribution in [1.29, 1.82) is 0 Å². The number of aryl methyl sites for hydroxylation is 2. The van der Waals surface area contributed by atoms with Crippen LogP contribution < -0.4 is 5.73 Å². The lowest BCUT2D eigenvalue weighted by atomic mass is 10.2. The van der Waals surface area contributed by atoms with Crippen molar-refractivity contribution < 1.29 is 0 Å². The maximum Gasteiger partial charge on any atom is 0.158 e. The van der Waals surface area contributed by atoms with Crippen molar-refractivity contribution in [2.24, 2.45) is 0 Å². The van der Waals surface area contributed by atoms with Crippen molar-refractivity contribution in [2.45, 2.75) is 20.4 Å². The van der Waals surface area contributed by atoms with Crippen LogP contribution in [0.2, 0.25) is 0 Å². The van der Waals surface area contributed by atoms with Crippen molar-refractivity contribution in [3.63, 3.8) is 0 Å². The molecule has 4 heteroatoms. The van der Waals surface area contributed by atoms with Crippen molar-refractivity contribution >= 4 is 16.7 Å². The summed E-state index contributed by atoms with van der Waals surface area (Å²) >= 11 is 0. The van der Waals surface area contributed by atoms with Crippen LogP contribution in [0.1, 0.15) is 12.6 Å². The van der Waals surface area contributed by atoms with Gasteiger partial charge in [-0.2, -0.15) is 5.10 Å². The van der Waals surface area contributed by atoms with Gasteiger partial charge in [-0.05, 0) is 19.9 Å². The highest BCUT2D eigenvalue weighted by atomic mass is 15.3.